The predicted octanol–water partition coefficient (Wildman–Crippen LogP) is 1.56. The van der Waals surface area contributed by atoms with Crippen molar-refractivity contribution in [2.45, 2.75) is 26.4 Å². The molecule has 0 saturated heterocycles. The van der Waals surface area contributed by atoms with Crippen LogP contribution in [-0.2, 0) is 11.3 Å². The van der Waals surface area contributed by atoms with Gasteiger partial charge in [0.2, 0.25) is 5.91 Å². The highest BCUT2D eigenvalue weighted by molar-refractivity contribution is 5.80. The lowest BCUT2D eigenvalue weighted by molar-refractivity contribution is -0.130. The van der Waals surface area contributed by atoms with Gasteiger partial charge in [-0.05, 0) is 25.0 Å². The number of carbonyl (C=O) groups is 1. The normalized spacial score (nSPS) is 12.2. The number of hydrogen-bond acceptors (Lipinski definition) is 2. The van der Waals surface area contributed by atoms with Gasteiger partial charge in [-0.3, -0.25) is 4.79 Å². The predicted molar refractivity (Wildman–Crippen MR) is 66.2 cm³/mol. The number of likely N-dealkylation sites (N-methyl/N-ethyl adjacent to an activating group) is 1. The first kappa shape index (κ1) is 12.7. The Morgan fingerprint density at radius 2 is 2.00 bits per heavy atom. The van der Waals surface area contributed by atoms with E-state index in [-0.39, 0.29) is 11.9 Å². The zero-order valence-corrected chi connectivity index (χ0v) is 10.4. The molecular formula is C13H20N2O. The van der Waals surface area contributed by atoms with Crippen molar-refractivity contribution in [1.29, 1.82) is 0 Å². The minimum Gasteiger partial charge on any atom is -0.347 e. The molecule has 0 bridgehead atoms. The van der Waals surface area contributed by atoms with Gasteiger partial charge in [0.05, 0.1) is 6.04 Å². The number of carbonyl (C=O) groups excluding carboxylic acids is 1. The molecule has 1 rings (SSSR count). The third-order valence-corrected chi connectivity index (χ3v) is 2.67. The van der Waals surface area contributed by atoms with E-state index in [1.54, 1.807) is 19.0 Å². The minimum atomic E-state index is -0.144. The molecule has 1 aromatic rings. The molecule has 0 aliphatic carbocycles. The molecule has 1 amide bonds. The number of amides is 1. The fraction of sp³-hybridized carbons (Fsp3) is 0.462. The molecule has 0 aliphatic rings. The monoisotopic (exact) mass is 220 g/mol. The van der Waals surface area contributed by atoms with E-state index in [0.29, 0.717) is 0 Å². The van der Waals surface area contributed by atoms with Gasteiger partial charge in [0, 0.05) is 20.6 Å². The van der Waals surface area contributed by atoms with Gasteiger partial charge in [-0.25, -0.2) is 0 Å². The lowest BCUT2D eigenvalue weighted by atomic mass is 10.1. The van der Waals surface area contributed by atoms with E-state index in [1.165, 1.54) is 11.1 Å². The maximum absolute atomic E-state index is 11.6. The molecule has 0 fully saturated rings. The second-order valence-electron chi connectivity index (χ2n) is 4.26. The lowest BCUT2D eigenvalue weighted by Crippen LogP contribution is -2.41. The van der Waals surface area contributed by atoms with E-state index in [4.69, 9.17) is 0 Å². The van der Waals surface area contributed by atoms with Crippen LogP contribution >= 0.6 is 0 Å². The fourth-order valence-corrected chi connectivity index (χ4v) is 1.55. The molecule has 3 nitrogen and oxygen atoms in total. The van der Waals surface area contributed by atoms with E-state index >= 15 is 0 Å². The Balaban J connectivity index is 2.52. The molecule has 0 unspecified atom stereocenters. The van der Waals surface area contributed by atoms with Crippen LogP contribution in [0, 0.1) is 6.92 Å². The zero-order valence-electron chi connectivity index (χ0n) is 10.4. The van der Waals surface area contributed by atoms with Gasteiger partial charge in [0.15, 0.2) is 0 Å². The highest BCUT2D eigenvalue weighted by Crippen LogP contribution is 2.06. The minimum absolute atomic E-state index is 0.105. The van der Waals surface area contributed by atoms with Crippen LogP contribution in [0.15, 0.2) is 24.3 Å². The summed E-state index contributed by atoms with van der Waals surface area (Å²) < 4.78 is 0. The van der Waals surface area contributed by atoms with E-state index in [2.05, 4.69) is 24.4 Å². The van der Waals surface area contributed by atoms with Crippen molar-refractivity contribution in [1.82, 2.24) is 10.2 Å². The van der Waals surface area contributed by atoms with Crippen LogP contribution in [0.4, 0.5) is 0 Å². The van der Waals surface area contributed by atoms with Crippen molar-refractivity contribution in [3.8, 4) is 0 Å². The standard InChI is InChI=1S/C13H20N2O/c1-10-7-5-6-8-12(10)9-14-11(2)13(16)15(3)4/h5-8,11,14H,9H2,1-4H3/t11-/m0/s1. The summed E-state index contributed by atoms with van der Waals surface area (Å²) in [6, 6.07) is 8.05. The van der Waals surface area contributed by atoms with Crippen molar-refractivity contribution in [3.05, 3.63) is 35.4 Å². The first-order chi connectivity index (χ1) is 7.52. The van der Waals surface area contributed by atoms with E-state index in [9.17, 15) is 4.79 Å². The number of rotatable bonds is 4. The molecule has 1 aromatic carbocycles. The first-order valence-corrected chi connectivity index (χ1v) is 5.51. The SMILES string of the molecule is Cc1ccccc1CN[C@@H](C)C(=O)N(C)C. The fourth-order valence-electron chi connectivity index (χ4n) is 1.55. The third-order valence-electron chi connectivity index (χ3n) is 2.67. The van der Waals surface area contributed by atoms with E-state index in [1.807, 2.05) is 19.1 Å². The third kappa shape index (κ3) is 3.35. The summed E-state index contributed by atoms with van der Waals surface area (Å²) >= 11 is 0. The molecular weight excluding hydrogens is 200 g/mol. The van der Waals surface area contributed by atoms with Crippen LogP contribution in [0.2, 0.25) is 0 Å². The number of benzene rings is 1. The van der Waals surface area contributed by atoms with Gasteiger partial charge in [0.25, 0.3) is 0 Å². The summed E-state index contributed by atoms with van der Waals surface area (Å²) in [5, 5.41) is 3.23. The van der Waals surface area contributed by atoms with Gasteiger partial charge in [-0.1, -0.05) is 24.3 Å². The summed E-state index contributed by atoms with van der Waals surface area (Å²) in [6.45, 7) is 4.70. The first-order valence-electron chi connectivity index (χ1n) is 5.51. The average Bonchev–Trinajstić information content (AvgIpc) is 2.26. The Labute approximate surface area is 97.5 Å². The highest BCUT2D eigenvalue weighted by atomic mass is 16.2. The number of aryl methyl sites for hydroxylation is 1. The topological polar surface area (TPSA) is 32.3 Å². The van der Waals surface area contributed by atoms with Crippen molar-refractivity contribution in [2.75, 3.05) is 14.1 Å². The van der Waals surface area contributed by atoms with Crippen LogP contribution in [0.5, 0.6) is 0 Å². The molecule has 88 valence electrons. The second-order valence-corrected chi connectivity index (χ2v) is 4.26. The van der Waals surface area contributed by atoms with Crippen LogP contribution in [0.25, 0.3) is 0 Å². The number of hydrogen-bond donors (Lipinski definition) is 1. The van der Waals surface area contributed by atoms with E-state index in [0.717, 1.165) is 6.54 Å². The largest absolute Gasteiger partial charge is 0.347 e. The maximum atomic E-state index is 11.6. The summed E-state index contributed by atoms with van der Waals surface area (Å²) in [4.78, 5) is 13.2. The number of nitrogens with one attached hydrogen (secondary N) is 1. The zero-order chi connectivity index (χ0) is 12.1. The van der Waals surface area contributed by atoms with E-state index < -0.39 is 0 Å². The Morgan fingerprint density at radius 1 is 1.38 bits per heavy atom. The molecule has 0 aromatic heterocycles. The van der Waals surface area contributed by atoms with Crippen LogP contribution in [-0.4, -0.2) is 30.9 Å². The van der Waals surface area contributed by atoms with Crippen molar-refractivity contribution < 1.29 is 4.79 Å². The van der Waals surface area contributed by atoms with Gasteiger partial charge in [0.1, 0.15) is 0 Å². The highest BCUT2D eigenvalue weighted by Gasteiger charge is 2.13. The maximum Gasteiger partial charge on any atom is 0.238 e. The summed E-state index contributed by atoms with van der Waals surface area (Å²) in [7, 11) is 3.54. The molecule has 0 saturated carbocycles. The Bertz CT molecular complexity index is 361. The molecule has 16 heavy (non-hydrogen) atoms. The van der Waals surface area contributed by atoms with Gasteiger partial charge in [-0.2, -0.15) is 0 Å². The molecule has 1 N–H and O–H groups in total. The molecule has 0 heterocycles. The van der Waals surface area contributed by atoms with Gasteiger partial charge in [-0.15, -0.1) is 0 Å². The molecule has 3 heteroatoms. The van der Waals surface area contributed by atoms with Crippen LogP contribution < -0.4 is 5.32 Å². The van der Waals surface area contributed by atoms with Crippen LogP contribution in [0.1, 0.15) is 18.1 Å². The van der Waals surface area contributed by atoms with Crippen molar-refractivity contribution in [2.24, 2.45) is 0 Å². The molecule has 1 atom stereocenters. The lowest BCUT2D eigenvalue weighted by Gasteiger charge is -2.18. The van der Waals surface area contributed by atoms with Gasteiger partial charge < -0.3 is 10.2 Å². The van der Waals surface area contributed by atoms with Gasteiger partial charge >= 0.3 is 0 Å². The van der Waals surface area contributed by atoms with Crippen molar-refractivity contribution >= 4 is 5.91 Å². The number of nitrogens with zero attached hydrogens (tertiary/aromatic N) is 1. The summed E-state index contributed by atoms with van der Waals surface area (Å²) in [6.07, 6.45) is 0. The summed E-state index contributed by atoms with van der Waals surface area (Å²) in [5.74, 6) is 0.105. The van der Waals surface area contributed by atoms with Crippen molar-refractivity contribution in [3.63, 3.8) is 0 Å². The second kappa shape index (κ2) is 5.66. The van der Waals surface area contributed by atoms with Crippen LogP contribution in [0.3, 0.4) is 0 Å². The Hall–Kier alpha value is -1.35. The quantitative estimate of drug-likeness (QED) is 0.835. The summed E-state index contributed by atoms with van der Waals surface area (Å²) in [5.41, 5.74) is 2.49. The Kier molecular flexibility index (Phi) is 4.50. The average molecular weight is 220 g/mol. The smallest absolute Gasteiger partial charge is 0.238 e. The molecule has 0 spiro atoms. The molecule has 0 radical (unpaired) electrons. The Morgan fingerprint density at radius 3 is 2.56 bits per heavy atom. The molecule has 0 aliphatic heterocycles.